The number of amides is 1. The van der Waals surface area contributed by atoms with Crippen LogP contribution in [0.1, 0.15) is 54.3 Å². The summed E-state index contributed by atoms with van der Waals surface area (Å²) < 4.78 is 31.9. The van der Waals surface area contributed by atoms with Crippen LogP contribution in [0.3, 0.4) is 0 Å². The lowest BCUT2D eigenvalue weighted by atomic mass is 10.2. The fraction of sp³-hybridized carbons (Fsp3) is 0.364. The summed E-state index contributed by atoms with van der Waals surface area (Å²) in [6.07, 6.45) is 1.70. The molecule has 7 nitrogen and oxygen atoms in total. The van der Waals surface area contributed by atoms with Crippen molar-refractivity contribution in [2.75, 3.05) is 25.0 Å². The third-order valence-corrected chi connectivity index (χ3v) is 6.51. The minimum absolute atomic E-state index is 0.163. The number of benzene rings is 2. The number of nitrogens with zero attached hydrogens (tertiary/aromatic N) is 1. The van der Waals surface area contributed by atoms with Gasteiger partial charge in [-0.2, -0.15) is 4.31 Å². The van der Waals surface area contributed by atoms with Gasteiger partial charge in [-0.1, -0.05) is 20.3 Å². The molecule has 0 spiro atoms. The minimum Gasteiger partial charge on any atom is -0.462 e. The van der Waals surface area contributed by atoms with Crippen molar-refractivity contribution in [2.45, 2.75) is 38.5 Å². The Balaban J connectivity index is 2.08. The smallest absolute Gasteiger partial charge is 0.338 e. The standard InChI is InChI=1S/C22H28N2O5S/c1-4-7-16-24(5-2)30(27,28)20-14-10-17(11-15-20)21(25)23-19-12-8-18(9-13-19)22(26)29-6-3/h8-15H,4-7,16H2,1-3H3,(H,23,25). The number of hydrogen-bond donors (Lipinski definition) is 1. The molecule has 0 radical (unpaired) electrons. The van der Waals surface area contributed by atoms with Crippen LogP contribution in [0.15, 0.2) is 53.4 Å². The van der Waals surface area contributed by atoms with Gasteiger partial charge in [0, 0.05) is 24.3 Å². The third-order valence-electron chi connectivity index (χ3n) is 4.52. The van der Waals surface area contributed by atoms with Gasteiger partial charge in [0.1, 0.15) is 0 Å². The van der Waals surface area contributed by atoms with Gasteiger partial charge in [-0.3, -0.25) is 4.79 Å². The zero-order chi connectivity index (χ0) is 22.1. The number of nitrogens with one attached hydrogen (secondary N) is 1. The number of esters is 1. The van der Waals surface area contributed by atoms with E-state index in [4.69, 9.17) is 4.74 Å². The maximum atomic E-state index is 12.8. The summed E-state index contributed by atoms with van der Waals surface area (Å²) in [5.41, 5.74) is 1.24. The summed E-state index contributed by atoms with van der Waals surface area (Å²) in [6, 6.07) is 12.2. The van der Waals surface area contributed by atoms with Gasteiger partial charge < -0.3 is 10.1 Å². The van der Waals surface area contributed by atoms with Crippen molar-refractivity contribution in [2.24, 2.45) is 0 Å². The molecule has 0 aliphatic rings. The summed E-state index contributed by atoms with van der Waals surface area (Å²) in [6.45, 7) is 6.71. The van der Waals surface area contributed by atoms with Crippen LogP contribution >= 0.6 is 0 Å². The molecule has 162 valence electrons. The van der Waals surface area contributed by atoms with Crippen molar-refractivity contribution >= 4 is 27.6 Å². The average molecular weight is 433 g/mol. The van der Waals surface area contributed by atoms with E-state index >= 15 is 0 Å². The van der Waals surface area contributed by atoms with E-state index in [2.05, 4.69) is 5.32 Å². The van der Waals surface area contributed by atoms with E-state index in [0.717, 1.165) is 12.8 Å². The molecular formula is C22H28N2O5S. The predicted octanol–water partition coefficient (Wildman–Crippen LogP) is 3.93. The van der Waals surface area contributed by atoms with Gasteiger partial charge in [0.05, 0.1) is 17.1 Å². The Kier molecular flexibility index (Phi) is 8.56. The SMILES string of the molecule is CCCCN(CC)S(=O)(=O)c1ccc(C(=O)Nc2ccc(C(=O)OCC)cc2)cc1. The molecule has 0 atom stereocenters. The molecular weight excluding hydrogens is 404 g/mol. The first-order chi connectivity index (χ1) is 14.3. The predicted molar refractivity (Wildman–Crippen MR) is 116 cm³/mol. The van der Waals surface area contributed by atoms with Gasteiger partial charge in [0.25, 0.3) is 5.91 Å². The third kappa shape index (κ3) is 5.90. The molecule has 2 aromatic carbocycles. The summed E-state index contributed by atoms with van der Waals surface area (Å²) in [5.74, 6) is -0.798. The van der Waals surface area contributed by atoms with Crippen molar-refractivity contribution in [3.05, 3.63) is 59.7 Å². The van der Waals surface area contributed by atoms with Crippen LogP contribution in [-0.2, 0) is 14.8 Å². The molecule has 8 heteroatoms. The number of carbonyl (C=O) groups is 2. The Bertz CT molecular complexity index is 954. The lowest BCUT2D eigenvalue weighted by Gasteiger charge is -2.20. The number of ether oxygens (including phenoxy) is 1. The molecule has 1 N–H and O–H groups in total. The van der Waals surface area contributed by atoms with Crippen molar-refractivity contribution in [1.29, 1.82) is 0 Å². The second-order valence-electron chi connectivity index (χ2n) is 6.63. The number of sulfonamides is 1. The first-order valence-corrected chi connectivity index (χ1v) is 11.5. The van der Waals surface area contributed by atoms with E-state index < -0.39 is 16.0 Å². The summed E-state index contributed by atoms with van der Waals surface area (Å²) in [4.78, 5) is 24.3. The van der Waals surface area contributed by atoms with E-state index in [1.54, 1.807) is 31.2 Å². The van der Waals surface area contributed by atoms with Crippen LogP contribution < -0.4 is 5.32 Å². The van der Waals surface area contributed by atoms with Crippen LogP contribution in [0.5, 0.6) is 0 Å². The van der Waals surface area contributed by atoms with E-state index in [1.807, 2.05) is 13.8 Å². The van der Waals surface area contributed by atoms with E-state index in [-0.39, 0.29) is 17.4 Å². The van der Waals surface area contributed by atoms with Crippen LogP contribution in [0.2, 0.25) is 0 Å². The lowest BCUT2D eigenvalue weighted by molar-refractivity contribution is 0.0526. The highest BCUT2D eigenvalue weighted by atomic mass is 32.2. The summed E-state index contributed by atoms with van der Waals surface area (Å²) >= 11 is 0. The maximum absolute atomic E-state index is 12.8. The first kappa shape index (κ1) is 23.6. The first-order valence-electron chi connectivity index (χ1n) is 10.0. The molecule has 0 saturated carbocycles. The van der Waals surface area contributed by atoms with Crippen LogP contribution in [0.4, 0.5) is 5.69 Å². The fourth-order valence-electron chi connectivity index (χ4n) is 2.82. The molecule has 0 saturated heterocycles. The molecule has 2 rings (SSSR count). The number of rotatable bonds is 10. The largest absolute Gasteiger partial charge is 0.462 e. The van der Waals surface area contributed by atoms with Gasteiger partial charge in [0.2, 0.25) is 10.0 Å². The highest BCUT2D eigenvalue weighted by molar-refractivity contribution is 7.89. The Labute approximate surface area is 178 Å². The van der Waals surface area contributed by atoms with Gasteiger partial charge in [0.15, 0.2) is 0 Å². The topological polar surface area (TPSA) is 92.8 Å². The van der Waals surface area contributed by atoms with Gasteiger partial charge >= 0.3 is 5.97 Å². The molecule has 0 bridgehead atoms. The Hall–Kier alpha value is -2.71. The van der Waals surface area contributed by atoms with Crippen LogP contribution in [0.25, 0.3) is 0 Å². The Morgan fingerprint density at radius 2 is 1.53 bits per heavy atom. The molecule has 30 heavy (non-hydrogen) atoms. The number of anilines is 1. The average Bonchev–Trinajstić information content (AvgIpc) is 2.75. The fourth-order valence-corrected chi connectivity index (χ4v) is 4.30. The lowest BCUT2D eigenvalue weighted by Crippen LogP contribution is -2.31. The normalized spacial score (nSPS) is 11.3. The van der Waals surface area contributed by atoms with Crippen molar-refractivity contribution < 1.29 is 22.7 Å². The van der Waals surface area contributed by atoms with Crippen LogP contribution in [0, 0.1) is 0 Å². The van der Waals surface area contributed by atoms with E-state index in [0.29, 0.717) is 29.9 Å². The molecule has 0 unspecified atom stereocenters. The number of hydrogen-bond acceptors (Lipinski definition) is 5. The number of unbranched alkanes of at least 4 members (excludes halogenated alkanes) is 1. The Morgan fingerprint density at radius 3 is 2.07 bits per heavy atom. The highest BCUT2D eigenvalue weighted by Crippen LogP contribution is 2.18. The van der Waals surface area contributed by atoms with Gasteiger partial charge in [-0.05, 0) is 61.9 Å². The monoisotopic (exact) mass is 432 g/mol. The molecule has 0 aromatic heterocycles. The van der Waals surface area contributed by atoms with Gasteiger partial charge in [-0.25, -0.2) is 13.2 Å². The molecule has 1 amide bonds. The molecule has 0 heterocycles. The van der Waals surface area contributed by atoms with Crippen molar-refractivity contribution in [3.63, 3.8) is 0 Å². The zero-order valence-electron chi connectivity index (χ0n) is 17.6. The second kappa shape index (κ2) is 10.9. The van der Waals surface area contributed by atoms with Crippen molar-refractivity contribution in [1.82, 2.24) is 4.31 Å². The minimum atomic E-state index is -3.58. The van der Waals surface area contributed by atoms with Crippen molar-refractivity contribution in [3.8, 4) is 0 Å². The molecule has 0 fully saturated rings. The van der Waals surface area contributed by atoms with Crippen LogP contribution in [-0.4, -0.2) is 44.3 Å². The Morgan fingerprint density at radius 1 is 0.933 bits per heavy atom. The number of carbonyl (C=O) groups excluding carboxylic acids is 2. The molecule has 0 aliphatic heterocycles. The second-order valence-corrected chi connectivity index (χ2v) is 8.56. The summed E-state index contributed by atoms with van der Waals surface area (Å²) in [5, 5.41) is 2.73. The maximum Gasteiger partial charge on any atom is 0.338 e. The van der Waals surface area contributed by atoms with Gasteiger partial charge in [-0.15, -0.1) is 0 Å². The highest BCUT2D eigenvalue weighted by Gasteiger charge is 2.22. The molecule has 2 aromatic rings. The zero-order valence-corrected chi connectivity index (χ0v) is 18.4. The quantitative estimate of drug-likeness (QED) is 0.574. The van der Waals surface area contributed by atoms with E-state index in [1.165, 1.54) is 28.6 Å². The summed E-state index contributed by atoms with van der Waals surface area (Å²) in [7, 11) is -3.58. The van der Waals surface area contributed by atoms with E-state index in [9.17, 15) is 18.0 Å². The molecule has 0 aliphatic carbocycles.